The predicted octanol–water partition coefficient (Wildman–Crippen LogP) is 2.97. The van der Waals surface area contributed by atoms with E-state index < -0.39 is 5.97 Å². The minimum absolute atomic E-state index is 0.0160. The first-order valence-electron chi connectivity index (χ1n) is 4.21. The summed E-state index contributed by atoms with van der Waals surface area (Å²) < 4.78 is 19.1. The van der Waals surface area contributed by atoms with Crippen LogP contribution in [0, 0.1) is 0 Å². The first kappa shape index (κ1) is 11.4. The number of rotatable bonds is 2. The maximum atomic E-state index is 12.6. The van der Waals surface area contributed by atoms with Crippen LogP contribution >= 0.6 is 28.3 Å². The highest BCUT2D eigenvalue weighted by molar-refractivity contribution is 9.10. The zero-order valence-corrected chi connectivity index (χ0v) is 10.5. The van der Waals surface area contributed by atoms with Crippen molar-refractivity contribution in [2.24, 2.45) is 0 Å². The fraction of sp³-hybridized carbons (Fsp3) is 0.111. The topological polar surface area (TPSA) is 44.1 Å². The Labute approximate surface area is 103 Å². The molecule has 0 aliphatic rings. The first-order valence-corrected chi connectivity index (χ1v) is 5.68. The molecule has 2 aromatic heterocycles. The fourth-order valence-electron chi connectivity index (χ4n) is 1.38. The number of aromatic nitrogens is 2. The van der Waals surface area contributed by atoms with Crippen molar-refractivity contribution < 1.29 is 13.4 Å². The number of fused-ring (bicyclic) bond motifs is 1. The van der Waals surface area contributed by atoms with Gasteiger partial charge in [-0.05, 0) is 22.0 Å². The van der Waals surface area contributed by atoms with Gasteiger partial charge in [0.2, 0.25) is 0 Å². The van der Waals surface area contributed by atoms with Crippen LogP contribution in [0.3, 0.4) is 0 Å². The highest BCUT2D eigenvalue weighted by Crippen LogP contribution is 2.27. The Morgan fingerprint density at radius 1 is 1.69 bits per heavy atom. The van der Waals surface area contributed by atoms with Gasteiger partial charge < -0.3 is 4.74 Å². The van der Waals surface area contributed by atoms with Gasteiger partial charge in [-0.1, -0.05) is 0 Å². The van der Waals surface area contributed by atoms with Gasteiger partial charge in [-0.25, -0.2) is 13.8 Å². The molecule has 0 aliphatic heterocycles. The molecule has 0 bridgehead atoms. The quantitative estimate of drug-likeness (QED) is 0.800. The van der Waals surface area contributed by atoms with Gasteiger partial charge in [0.05, 0.1) is 12.7 Å². The van der Waals surface area contributed by atoms with E-state index in [1.54, 1.807) is 6.07 Å². The average molecular weight is 305 g/mol. The van der Waals surface area contributed by atoms with E-state index in [-0.39, 0.29) is 17.9 Å². The van der Waals surface area contributed by atoms with E-state index in [4.69, 9.17) is 0 Å². The van der Waals surface area contributed by atoms with Gasteiger partial charge in [-0.3, -0.25) is 0 Å². The largest absolute Gasteiger partial charge is 0.465 e. The van der Waals surface area contributed by atoms with Gasteiger partial charge in [-0.2, -0.15) is 0 Å². The van der Waals surface area contributed by atoms with E-state index in [1.807, 2.05) is 0 Å². The zero-order chi connectivity index (χ0) is 11.7. The van der Waals surface area contributed by atoms with E-state index in [0.717, 1.165) is 0 Å². The second kappa shape index (κ2) is 4.42. The number of carbonyl (C=O) groups is 1. The number of hydrogen-bond acceptors (Lipinski definition) is 4. The van der Waals surface area contributed by atoms with Crippen LogP contribution in [0.1, 0.15) is 10.4 Å². The predicted molar refractivity (Wildman–Crippen MR) is 62.9 cm³/mol. The van der Waals surface area contributed by atoms with Crippen molar-refractivity contribution in [2.75, 3.05) is 7.11 Å². The van der Waals surface area contributed by atoms with Crippen molar-refractivity contribution in [1.29, 1.82) is 0 Å². The number of ether oxygens (including phenoxy) is 1. The molecule has 0 spiro atoms. The molecule has 4 nitrogen and oxygen atoms in total. The lowest BCUT2D eigenvalue weighted by atomic mass is 10.2. The summed E-state index contributed by atoms with van der Waals surface area (Å²) in [5, 5.41) is 0.548. The van der Waals surface area contributed by atoms with Crippen LogP contribution in [0.4, 0.5) is 3.89 Å². The second-order valence-electron chi connectivity index (χ2n) is 2.95. The smallest absolute Gasteiger partial charge is 0.340 e. The molecule has 2 heterocycles. The minimum Gasteiger partial charge on any atom is -0.465 e. The highest BCUT2D eigenvalue weighted by atomic mass is 79.9. The Morgan fingerprint density at radius 2 is 2.44 bits per heavy atom. The van der Waals surface area contributed by atoms with Crippen molar-refractivity contribution in [3.63, 3.8) is 0 Å². The molecular weight excluding hydrogens is 299 g/mol. The van der Waals surface area contributed by atoms with Crippen LogP contribution in [0.2, 0.25) is 0 Å². The zero-order valence-electron chi connectivity index (χ0n) is 8.11. The molecule has 0 aromatic carbocycles. The van der Waals surface area contributed by atoms with Crippen LogP contribution in [-0.4, -0.2) is 22.0 Å². The van der Waals surface area contributed by atoms with Gasteiger partial charge in [-0.15, -0.1) is 3.89 Å². The molecule has 84 valence electrons. The van der Waals surface area contributed by atoms with Crippen molar-refractivity contribution in [3.05, 3.63) is 28.5 Å². The van der Waals surface area contributed by atoms with Crippen LogP contribution in [0.25, 0.3) is 11.0 Å². The van der Waals surface area contributed by atoms with E-state index in [2.05, 4.69) is 25.7 Å². The summed E-state index contributed by atoms with van der Waals surface area (Å²) in [5.41, 5.74) is 0.674. The molecule has 0 fully saturated rings. The fourth-order valence-corrected chi connectivity index (χ4v) is 2.07. The van der Waals surface area contributed by atoms with Crippen molar-refractivity contribution in [1.82, 2.24) is 8.96 Å². The third kappa shape index (κ3) is 1.80. The normalized spacial score (nSPS) is 10.7. The molecular formula is C9H6BrFN2O2S. The van der Waals surface area contributed by atoms with E-state index in [0.29, 0.717) is 15.5 Å². The minimum atomic E-state index is -0.516. The lowest BCUT2D eigenvalue weighted by Crippen LogP contribution is -1.99. The van der Waals surface area contributed by atoms with Crippen LogP contribution < -0.4 is 0 Å². The summed E-state index contributed by atoms with van der Waals surface area (Å²) in [5.74, 6) is -0.516. The third-order valence-corrected chi connectivity index (χ3v) is 2.92. The Balaban J connectivity index is 2.73. The number of hydrogen-bond donors (Lipinski definition) is 0. The van der Waals surface area contributed by atoms with Crippen molar-refractivity contribution in [2.45, 2.75) is 0 Å². The molecule has 0 N–H and O–H groups in total. The standard InChI is InChI=1S/C9H6BrFN2O2S/c1-15-9(14)7-4-13(16-11)8-6(7)2-5(10)3-12-8/h2-4H,1H3. The molecule has 2 rings (SSSR count). The third-order valence-electron chi connectivity index (χ3n) is 2.06. The Hall–Kier alpha value is -1.08. The van der Waals surface area contributed by atoms with Gasteiger partial charge in [0.15, 0.2) is 18.0 Å². The number of carbonyl (C=O) groups excluding carboxylic acids is 1. The Kier molecular flexibility index (Phi) is 3.15. The number of pyridine rings is 1. The Bertz CT molecular complexity index is 558. The van der Waals surface area contributed by atoms with E-state index >= 15 is 0 Å². The molecule has 0 saturated heterocycles. The summed E-state index contributed by atoms with van der Waals surface area (Å²) in [6.45, 7) is 0. The van der Waals surface area contributed by atoms with Crippen LogP contribution in [0.15, 0.2) is 22.9 Å². The molecule has 16 heavy (non-hydrogen) atoms. The molecule has 0 radical (unpaired) electrons. The SMILES string of the molecule is COC(=O)c1cn(SF)c2ncc(Br)cc12. The molecule has 0 amide bonds. The van der Waals surface area contributed by atoms with E-state index in [1.165, 1.54) is 23.5 Å². The summed E-state index contributed by atoms with van der Waals surface area (Å²) in [7, 11) is 1.28. The van der Waals surface area contributed by atoms with Gasteiger partial charge in [0, 0.05) is 22.3 Å². The molecule has 2 aromatic rings. The summed E-state index contributed by atoms with van der Waals surface area (Å²) >= 11 is 3.23. The molecule has 0 unspecified atom stereocenters. The average Bonchev–Trinajstić information content (AvgIpc) is 2.66. The lowest BCUT2D eigenvalue weighted by Gasteiger charge is -1.96. The van der Waals surface area contributed by atoms with Gasteiger partial charge >= 0.3 is 5.97 Å². The summed E-state index contributed by atoms with van der Waals surface area (Å²) in [4.78, 5) is 15.5. The molecule has 0 atom stereocenters. The van der Waals surface area contributed by atoms with Gasteiger partial charge in [0.1, 0.15) is 0 Å². The monoisotopic (exact) mass is 304 g/mol. The molecule has 7 heteroatoms. The number of nitrogens with zero attached hydrogens (tertiary/aromatic N) is 2. The van der Waals surface area contributed by atoms with Crippen molar-refractivity contribution in [3.8, 4) is 0 Å². The van der Waals surface area contributed by atoms with Crippen molar-refractivity contribution >= 4 is 45.3 Å². The molecule has 0 saturated carbocycles. The first-order chi connectivity index (χ1) is 7.67. The second-order valence-corrected chi connectivity index (χ2v) is 4.40. The summed E-state index contributed by atoms with van der Waals surface area (Å²) in [6.07, 6.45) is 2.90. The highest BCUT2D eigenvalue weighted by Gasteiger charge is 2.17. The Morgan fingerprint density at radius 3 is 3.06 bits per heavy atom. The molecule has 0 aliphatic carbocycles. The van der Waals surface area contributed by atoms with Crippen LogP contribution in [-0.2, 0) is 4.74 Å². The van der Waals surface area contributed by atoms with E-state index in [9.17, 15) is 8.68 Å². The summed E-state index contributed by atoms with van der Waals surface area (Å²) in [6, 6.07) is 1.70. The van der Waals surface area contributed by atoms with Gasteiger partial charge in [0.25, 0.3) is 0 Å². The number of esters is 1. The lowest BCUT2D eigenvalue weighted by molar-refractivity contribution is 0.0603. The van der Waals surface area contributed by atoms with Crippen LogP contribution in [0.5, 0.6) is 0 Å². The number of halogens is 2. The number of methoxy groups -OCH3 is 1. The maximum Gasteiger partial charge on any atom is 0.340 e. The maximum absolute atomic E-state index is 12.6.